The minimum atomic E-state index is -0.697. The molecule has 0 saturated carbocycles. The molecule has 0 amide bonds. The van der Waals surface area contributed by atoms with E-state index < -0.39 is 5.41 Å². The van der Waals surface area contributed by atoms with E-state index in [4.69, 9.17) is 15.0 Å². The lowest BCUT2D eigenvalue weighted by atomic mass is 9.62. The molecule has 12 rings (SSSR count). The van der Waals surface area contributed by atoms with E-state index in [0.29, 0.717) is 11.6 Å². The van der Waals surface area contributed by atoms with Gasteiger partial charge >= 0.3 is 0 Å². The van der Waals surface area contributed by atoms with Gasteiger partial charge in [0.05, 0.1) is 21.3 Å². The monoisotopic (exact) mass is 713 g/mol. The average Bonchev–Trinajstić information content (AvgIpc) is 3.77. The fraction of sp³-hybridized carbons (Fsp3) is 0.146. The highest BCUT2D eigenvalue weighted by Gasteiger charge is 2.51. The zero-order valence-electron chi connectivity index (χ0n) is 30.4. The number of allylic oxidation sites excluding steroid dienone is 2. The second-order valence-corrected chi connectivity index (χ2v) is 16.4. The van der Waals surface area contributed by atoms with Crippen molar-refractivity contribution >= 4 is 59.0 Å². The molecule has 0 spiro atoms. The molecule has 258 valence electrons. The Morgan fingerprint density at radius 1 is 0.648 bits per heavy atom. The van der Waals surface area contributed by atoms with Gasteiger partial charge in [-0.15, -0.1) is 11.3 Å². The van der Waals surface area contributed by atoms with Gasteiger partial charge in [-0.1, -0.05) is 117 Å². The summed E-state index contributed by atoms with van der Waals surface area (Å²) < 4.78 is 4.99. The van der Waals surface area contributed by atoms with E-state index in [-0.39, 0.29) is 11.8 Å². The molecule has 3 atom stereocenters. The lowest BCUT2D eigenvalue weighted by molar-refractivity contribution is 0.528. The number of anilines is 1. The van der Waals surface area contributed by atoms with Crippen LogP contribution in [0.4, 0.5) is 5.82 Å². The number of fused-ring (bicyclic) bond motifs is 12. The smallest absolute Gasteiger partial charge is 0.165 e. The molecule has 0 fully saturated rings. The van der Waals surface area contributed by atoms with Crippen LogP contribution in [0.25, 0.3) is 70.3 Å². The zero-order valence-corrected chi connectivity index (χ0v) is 31.2. The van der Waals surface area contributed by atoms with Gasteiger partial charge in [-0.25, -0.2) is 15.0 Å². The minimum absolute atomic E-state index is 0.150. The van der Waals surface area contributed by atoms with Crippen molar-refractivity contribution < 1.29 is 0 Å². The van der Waals surface area contributed by atoms with E-state index in [0.717, 1.165) is 22.3 Å². The van der Waals surface area contributed by atoms with Gasteiger partial charge < -0.3 is 4.90 Å². The van der Waals surface area contributed by atoms with Crippen molar-refractivity contribution in [2.45, 2.75) is 38.0 Å². The van der Waals surface area contributed by atoms with Crippen molar-refractivity contribution in [2.75, 3.05) is 11.9 Å². The standard InChI is InChI=1S/C48H35N5S/c1-26-31-15-7-9-20-36(31)48(3)43-39(26)27(2)40-34-16-8-10-21-37(34)53(46(40)52(43)4)38-22-12-18-33-32-17-11-19-35(41(32)54-42(33)38)45-49-44(50-47(48)51-45)30-24-23-28-13-5-6-14-29(28)25-30/h5-27H,1-4H3. The summed E-state index contributed by atoms with van der Waals surface area (Å²) in [7, 11) is 2.28. The lowest BCUT2D eigenvalue weighted by Gasteiger charge is -2.49. The van der Waals surface area contributed by atoms with E-state index >= 15 is 0 Å². The number of likely N-dealkylation sites (N-methyl/N-ethyl adjacent to an activating group) is 1. The highest BCUT2D eigenvalue weighted by Crippen LogP contribution is 2.60. The third-order valence-electron chi connectivity index (χ3n) is 12.7. The number of para-hydroxylation sites is 1. The van der Waals surface area contributed by atoms with Crippen LogP contribution in [-0.4, -0.2) is 26.6 Å². The number of hydrogen-bond donors (Lipinski definition) is 0. The maximum Gasteiger partial charge on any atom is 0.165 e. The molecule has 6 bridgehead atoms. The van der Waals surface area contributed by atoms with Gasteiger partial charge in [-0.2, -0.15) is 0 Å². The summed E-state index contributed by atoms with van der Waals surface area (Å²) >= 11 is 1.85. The topological polar surface area (TPSA) is 46.8 Å². The molecule has 9 aromatic rings. The Bertz CT molecular complexity index is 3150. The van der Waals surface area contributed by atoms with Crippen LogP contribution in [0.5, 0.6) is 0 Å². The third-order valence-corrected chi connectivity index (χ3v) is 14.0. The summed E-state index contributed by atoms with van der Waals surface area (Å²) in [5.74, 6) is 3.73. The molecule has 0 N–H and O–H groups in total. The average molecular weight is 714 g/mol. The van der Waals surface area contributed by atoms with Crippen LogP contribution >= 0.6 is 11.3 Å². The van der Waals surface area contributed by atoms with E-state index in [1.807, 2.05) is 11.3 Å². The summed E-state index contributed by atoms with van der Waals surface area (Å²) in [5.41, 5.74) is 10.4. The number of thiophene rings is 1. The fourth-order valence-electron chi connectivity index (χ4n) is 10.3. The molecular weight excluding hydrogens is 679 g/mol. The van der Waals surface area contributed by atoms with Crippen molar-refractivity contribution in [3.05, 3.63) is 161 Å². The predicted octanol–water partition coefficient (Wildman–Crippen LogP) is 11.9. The number of benzene rings is 6. The van der Waals surface area contributed by atoms with Crippen molar-refractivity contribution in [3.63, 3.8) is 0 Å². The molecule has 3 aromatic heterocycles. The molecular formula is C48H35N5S. The molecule has 0 saturated heterocycles. The third kappa shape index (κ3) is 3.71. The maximum absolute atomic E-state index is 5.61. The Morgan fingerprint density at radius 2 is 1.37 bits per heavy atom. The van der Waals surface area contributed by atoms with E-state index in [1.54, 1.807) is 0 Å². The molecule has 3 aliphatic rings. The lowest BCUT2D eigenvalue weighted by Crippen LogP contribution is -2.45. The van der Waals surface area contributed by atoms with E-state index in [9.17, 15) is 0 Å². The van der Waals surface area contributed by atoms with Crippen molar-refractivity contribution in [2.24, 2.45) is 0 Å². The van der Waals surface area contributed by atoms with Crippen LogP contribution in [0.1, 0.15) is 55.1 Å². The first kappa shape index (κ1) is 30.4. The van der Waals surface area contributed by atoms with Gasteiger partial charge in [0.25, 0.3) is 0 Å². The Kier molecular flexibility index (Phi) is 5.91. The normalized spacial score (nSPS) is 19.8. The minimum Gasteiger partial charge on any atom is -0.333 e. The van der Waals surface area contributed by atoms with Crippen LogP contribution in [0, 0.1) is 0 Å². The maximum atomic E-state index is 5.61. The van der Waals surface area contributed by atoms with E-state index in [2.05, 4.69) is 165 Å². The van der Waals surface area contributed by atoms with Crippen LogP contribution in [0.2, 0.25) is 0 Å². The number of rotatable bonds is 1. The van der Waals surface area contributed by atoms with Gasteiger partial charge in [0.15, 0.2) is 11.6 Å². The number of hydrogen-bond acceptors (Lipinski definition) is 5. The molecule has 3 unspecified atom stereocenters. The number of nitrogens with zero attached hydrogens (tertiary/aromatic N) is 5. The Balaban J connectivity index is 1.29. The highest BCUT2D eigenvalue weighted by atomic mass is 32.1. The second-order valence-electron chi connectivity index (χ2n) is 15.4. The SMILES string of the molecule is CC1C2=C3N(C)c4c(c5ccccc5n4-c4cccc5c4sc4c(cccc45)-c4nc(-c5ccc6ccccc6c5)nc(n4)C3(C)c3ccccc31)C2C. The molecule has 5 nitrogen and oxygen atoms in total. The van der Waals surface area contributed by atoms with Crippen LogP contribution in [0.15, 0.2) is 139 Å². The fourth-order valence-corrected chi connectivity index (χ4v) is 11.6. The molecule has 2 aliphatic heterocycles. The Hall–Kier alpha value is -6.11. The summed E-state index contributed by atoms with van der Waals surface area (Å²) in [4.78, 5) is 19.0. The van der Waals surface area contributed by atoms with Gasteiger partial charge in [0.1, 0.15) is 11.6 Å². The zero-order chi connectivity index (χ0) is 36.0. The highest BCUT2D eigenvalue weighted by molar-refractivity contribution is 7.26. The van der Waals surface area contributed by atoms with Gasteiger partial charge in [-0.05, 0) is 58.7 Å². The van der Waals surface area contributed by atoms with E-state index in [1.165, 1.54) is 75.9 Å². The first-order valence-corrected chi connectivity index (χ1v) is 19.6. The van der Waals surface area contributed by atoms with Gasteiger partial charge in [0.2, 0.25) is 0 Å². The molecule has 5 heterocycles. The Labute approximate surface area is 316 Å². The summed E-state index contributed by atoms with van der Waals surface area (Å²) in [6.07, 6.45) is 0. The molecule has 0 radical (unpaired) electrons. The first-order valence-electron chi connectivity index (χ1n) is 18.8. The second kappa shape index (κ2) is 10.5. The van der Waals surface area contributed by atoms with Crippen molar-refractivity contribution in [3.8, 4) is 28.5 Å². The summed E-state index contributed by atoms with van der Waals surface area (Å²) in [5, 5.41) is 6.13. The van der Waals surface area contributed by atoms with Crippen molar-refractivity contribution in [1.29, 1.82) is 0 Å². The first-order chi connectivity index (χ1) is 26.4. The van der Waals surface area contributed by atoms with Crippen LogP contribution in [-0.2, 0) is 5.41 Å². The van der Waals surface area contributed by atoms with Gasteiger partial charge in [0, 0.05) is 62.1 Å². The Morgan fingerprint density at radius 3 is 2.26 bits per heavy atom. The predicted molar refractivity (Wildman–Crippen MR) is 223 cm³/mol. The summed E-state index contributed by atoms with van der Waals surface area (Å²) in [6, 6.07) is 46.5. The summed E-state index contributed by atoms with van der Waals surface area (Å²) in [6.45, 7) is 7.18. The molecule has 1 aliphatic carbocycles. The van der Waals surface area contributed by atoms with Crippen LogP contribution < -0.4 is 4.90 Å². The van der Waals surface area contributed by atoms with Gasteiger partial charge in [-0.3, -0.25) is 4.57 Å². The number of aromatic nitrogens is 4. The molecule has 6 heteroatoms. The van der Waals surface area contributed by atoms with Crippen molar-refractivity contribution in [1.82, 2.24) is 19.5 Å². The molecule has 54 heavy (non-hydrogen) atoms. The largest absolute Gasteiger partial charge is 0.333 e. The molecule has 6 aromatic carbocycles. The van der Waals surface area contributed by atoms with Crippen LogP contribution in [0.3, 0.4) is 0 Å². The quantitative estimate of drug-likeness (QED) is 0.170.